The van der Waals surface area contributed by atoms with Gasteiger partial charge in [0.2, 0.25) is 0 Å². The van der Waals surface area contributed by atoms with E-state index in [-0.39, 0.29) is 13.2 Å². The maximum absolute atomic E-state index is 8.74. The summed E-state index contributed by atoms with van der Waals surface area (Å²) in [4.78, 5) is 0. The fraction of sp³-hybridized carbons (Fsp3) is 0.412. The summed E-state index contributed by atoms with van der Waals surface area (Å²) >= 11 is 0. The fourth-order valence-electron chi connectivity index (χ4n) is 1.53. The lowest BCUT2D eigenvalue weighted by Gasteiger charge is -2.00. The summed E-state index contributed by atoms with van der Waals surface area (Å²) in [5.74, 6) is 12.5. The van der Waals surface area contributed by atoms with E-state index < -0.39 is 0 Å². The molecule has 0 amide bonds. The van der Waals surface area contributed by atoms with E-state index in [0.717, 1.165) is 24.0 Å². The van der Waals surface area contributed by atoms with E-state index in [0.29, 0.717) is 12.3 Å². The first kappa shape index (κ1) is 15.3. The molecule has 2 N–H and O–H groups in total. The van der Waals surface area contributed by atoms with E-state index in [1.807, 2.05) is 24.3 Å². The van der Waals surface area contributed by atoms with Crippen molar-refractivity contribution in [3.8, 4) is 23.7 Å². The molecule has 0 heterocycles. The van der Waals surface area contributed by atoms with Crippen molar-refractivity contribution in [1.29, 1.82) is 0 Å². The summed E-state index contributed by atoms with van der Waals surface area (Å²) in [6, 6.07) is 7.78. The van der Waals surface area contributed by atoms with Gasteiger partial charge in [-0.05, 0) is 37.1 Å². The Morgan fingerprint density at radius 3 is 2.21 bits per heavy atom. The first-order valence-electron chi connectivity index (χ1n) is 6.58. The van der Waals surface area contributed by atoms with Crippen LogP contribution < -0.4 is 0 Å². The molecule has 2 nitrogen and oxygen atoms in total. The largest absolute Gasteiger partial charge is 0.396 e. The van der Waals surface area contributed by atoms with Crippen LogP contribution in [0.1, 0.15) is 37.3 Å². The van der Waals surface area contributed by atoms with E-state index in [9.17, 15) is 0 Å². The minimum absolute atomic E-state index is 0.0995. The minimum atomic E-state index is 0.0995. The van der Waals surface area contributed by atoms with Crippen molar-refractivity contribution in [2.75, 3.05) is 13.2 Å². The molecule has 0 unspecified atom stereocenters. The summed E-state index contributed by atoms with van der Waals surface area (Å²) in [5.41, 5.74) is 1.91. The van der Waals surface area contributed by atoms with Gasteiger partial charge in [-0.1, -0.05) is 30.6 Å². The lowest BCUT2D eigenvalue weighted by Crippen LogP contribution is -1.92. The zero-order valence-corrected chi connectivity index (χ0v) is 11.3. The molecule has 0 aliphatic rings. The Labute approximate surface area is 115 Å². The van der Waals surface area contributed by atoms with Gasteiger partial charge in [-0.15, -0.1) is 0 Å². The molecular formula is C17H20O2. The summed E-state index contributed by atoms with van der Waals surface area (Å²) in [7, 11) is 0. The van der Waals surface area contributed by atoms with Gasteiger partial charge in [-0.25, -0.2) is 0 Å². The molecule has 2 heteroatoms. The molecule has 0 aromatic heterocycles. The molecule has 0 saturated heterocycles. The van der Waals surface area contributed by atoms with Gasteiger partial charge in [-0.3, -0.25) is 0 Å². The van der Waals surface area contributed by atoms with Crippen LogP contribution in [-0.4, -0.2) is 23.4 Å². The third-order valence-corrected chi connectivity index (χ3v) is 2.61. The van der Waals surface area contributed by atoms with Gasteiger partial charge in [0.15, 0.2) is 0 Å². The monoisotopic (exact) mass is 256 g/mol. The summed E-state index contributed by atoms with van der Waals surface area (Å²) in [6.45, 7) is 2.40. The van der Waals surface area contributed by atoms with E-state index in [4.69, 9.17) is 10.2 Å². The van der Waals surface area contributed by atoms with Gasteiger partial charge in [0.25, 0.3) is 0 Å². The van der Waals surface area contributed by atoms with Crippen LogP contribution in [0, 0.1) is 29.6 Å². The highest BCUT2D eigenvalue weighted by Gasteiger charge is 1.95. The molecule has 1 aromatic carbocycles. The topological polar surface area (TPSA) is 40.5 Å². The van der Waals surface area contributed by atoms with Crippen LogP contribution in [0.4, 0.5) is 0 Å². The predicted molar refractivity (Wildman–Crippen MR) is 77.4 cm³/mol. The molecule has 1 atom stereocenters. The van der Waals surface area contributed by atoms with Crippen molar-refractivity contribution in [2.24, 2.45) is 5.92 Å². The van der Waals surface area contributed by atoms with Crippen molar-refractivity contribution in [3.05, 3.63) is 35.4 Å². The van der Waals surface area contributed by atoms with Crippen molar-refractivity contribution >= 4 is 0 Å². The number of aliphatic hydroxyl groups excluding tert-OH is 2. The van der Waals surface area contributed by atoms with Crippen LogP contribution in [0.3, 0.4) is 0 Å². The maximum atomic E-state index is 8.74. The van der Waals surface area contributed by atoms with E-state index in [1.54, 1.807) is 0 Å². The Morgan fingerprint density at radius 2 is 1.63 bits per heavy atom. The smallest absolute Gasteiger partial charge is 0.0540 e. The van der Waals surface area contributed by atoms with Crippen molar-refractivity contribution in [2.45, 2.75) is 26.2 Å². The molecule has 0 spiro atoms. The average Bonchev–Trinajstić information content (AvgIpc) is 2.44. The summed E-state index contributed by atoms with van der Waals surface area (Å²) in [6.07, 6.45) is 2.23. The lowest BCUT2D eigenvalue weighted by atomic mass is 10.1. The number of aliphatic hydroxyl groups is 2. The van der Waals surface area contributed by atoms with Crippen LogP contribution in [0.15, 0.2) is 24.3 Å². The van der Waals surface area contributed by atoms with E-state index in [2.05, 4.69) is 30.6 Å². The first-order chi connectivity index (χ1) is 9.26. The molecule has 100 valence electrons. The second kappa shape index (κ2) is 9.22. The Bertz CT molecular complexity index is 480. The van der Waals surface area contributed by atoms with Crippen molar-refractivity contribution < 1.29 is 10.2 Å². The maximum Gasteiger partial charge on any atom is 0.0540 e. The third kappa shape index (κ3) is 6.67. The first-order valence-corrected chi connectivity index (χ1v) is 6.58. The van der Waals surface area contributed by atoms with E-state index >= 15 is 0 Å². The predicted octanol–water partition coefficient (Wildman–Crippen LogP) is 2.18. The van der Waals surface area contributed by atoms with Gasteiger partial charge >= 0.3 is 0 Å². The van der Waals surface area contributed by atoms with Crippen molar-refractivity contribution in [3.63, 3.8) is 0 Å². The standard InChI is InChI=1S/C17H20O2/c1-15(5-4-14-19)7-8-17-11-9-16(10-12-17)6-2-3-13-18/h9-12,15,18-19H,3-5,13-14H2,1H3/t15-/m0/s1. The SMILES string of the molecule is C[C@H](C#Cc1ccc(C#CCCO)cc1)CCCO. The Balaban J connectivity index is 2.58. The summed E-state index contributed by atoms with van der Waals surface area (Å²) in [5, 5.41) is 17.4. The zero-order chi connectivity index (χ0) is 13.9. The molecular weight excluding hydrogens is 236 g/mol. The van der Waals surface area contributed by atoms with Crippen LogP contribution in [-0.2, 0) is 0 Å². The van der Waals surface area contributed by atoms with Gasteiger partial charge in [0.1, 0.15) is 0 Å². The minimum Gasteiger partial charge on any atom is -0.396 e. The number of rotatable bonds is 4. The molecule has 0 aliphatic carbocycles. The van der Waals surface area contributed by atoms with Crippen molar-refractivity contribution in [1.82, 2.24) is 0 Å². The lowest BCUT2D eigenvalue weighted by molar-refractivity contribution is 0.279. The third-order valence-electron chi connectivity index (χ3n) is 2.61. The molecule has 1 rings (SSSR count). The van der Waals surface area contributed by atoms with Gasteiger partial charge in [-0.2, -0.15) is 0 Å². The van der Waals surface area contributed by atoms with Gasteiger partial charge < -0.3 is 10.2 Å². The second-order valence-electron chi connectivity index (χ2n) is 4.39. The molecule has 19 heavy (non-hydrogen) atoms. The highest BCUT2D eigenvalue weighted by atomic mass is 16.3. The zero-order valence-electron chi connectivity index (χ0n) is 11.3. The van der Waals surface area contributed by atoms with Crippen LogP contribution in [0.5, 0.6) is 0 Å². The molecule has 0 fully saturated rings. The molecule has 1 aromatic rings. The Kier molecular flexibility index (Phi) is 7.44. The Morgan fingerprint density at radius 1 is 1.00 bits per heavy atom. The molecule has 0 radical (unpaired) electrons. The second-order valence-corrected chi connectivity index (χ2v) is 4.39. The van der Waals surface area contributed by atoms with Crippen LogP contribution >= 0.6 is 0 Å². The highest BCUT2D eigenvalue weighted by molar-refractivity contribution is 5.42. The summed E-state index contributed by atoms with van der Waals surface area (Å²) < 4.78 is 0. The fourth-order valence-corrected chi connectivity index (χ4v) is 1.53. The van der Waals surface area contributed by atoms with Gasteiger partial charge in [0.05, 0.1) is 6.61 Å². The number of benzene rings is 1. The molecule has 0 aliphatic heterocycles. The number of hydrogen-bond donors (Lipinski definition) is 2. The highest BCUT2D eigenvalue weighted by Crippen LogP contribution is 2.05. The molecule has 0 bridgehead atoms. The quantitative estimate of drug-likeness (QED) is 0.811. The van der Waals surface area contributed by atoms with Crippen LogP contribution in [0.25, 0.3) is 0 Å². The van der Waals surface area contributed by atoms with Gasteiger partial charge in [0, 0.05) is 30.1 Å². The Hall–Kier alpha value is -1.74. The average molecular weight is 256 g/mol. The van der Waals surface area contributed by atoms with E-state index in [1.165, 1.54) is 0 Å². The normalized spacial score (nSPS) is 10.9. The number of hydrogen-bond acceptors (Lipinski definition) is 2. The molecule has 0 saturated carbocycles. The van der Waals surface area contributed by atoms with Crippen LogP contribution in [0.2, 0.25) is 0 Å².